The molecule has 3 N–H and O–H groups in total. The summed E-state index contributed by atoms with van der Waals surface area (Å²) in [4.78, 5) is 10.9. The van der Waals surface area contributed by atoms with Crippen molar-refractivity contribution in [1.82, 2.24) is 4.72 Å². The highest BCUT2D eigenvalue weighted by Crippen LogP contribution is 2.26. The van der Waals surface area contributed by atoms with Crippen molar-refractivity contribution in [3.05, 3.63) is 23.8 Å². The molecule has 0 aliphatic heterocycles. The van der Waals surface area contributed by atoms with Crippen molar-refractivity contribution in [2.75, 3.05) is 11.8 Å². The van der Waals surface area contributed by atoms with Crippen LogP contribution in [0.3, 0.4) is 0 Å². The third kappa shape index (κ3) is 4.42. The number of carbonyl (C=O) groups is 1. The van der Waals surface area contributed by atoms with Crippen molar-refractivity contribution in [2.24, 2.45) is 0 Å². The van der Waals surface area contributed by atoms with E-state index in [0.29, 0.717) is 0 Å². The molecular formula is C11H16N2O5S. The van der Waals surface area contributed by atoms with Crippen LogP contribution < -0.4 is 14.2 Å². The van der Waals surface area contributed by atoms with E-state index in [-0.39, 0.29) is 23.0 Å². The first-order valence-electron chi connectivity index (χ1n) is 5.46. The minimum Gasteiger partial charge on any atom is -0.495 e. The zero-order valence-electron chi connectivity index (χ0n) is 10.8. The Labute approximate surface area is 111 Å². The van der Waals surface area contributed by atoms with Crippen LogP contribution in [0.1, 0.15) is 24.2 Å². The van der Waals surface area contributed by atoms with Gasteiger partial charge < -0.3 is 9.84 Å². The molecule has 0 aliphatic carbocycles. The maximum atomic E-state index is 11.7. The van der Waals surface area contributed by atoms with Crippen LogP contribution in [0.4, 0.5) is 5.69 Å². The predicted octanol–water partition coefficient (Wildman–Crippen LogP) is 1.05. The number of carboxylic acid groups (broad SMARTS) is 1. The quantitative estimate of drug-likeness (QED) is 0.725. The molecule has 0 radical (unpaired) electrons. The first-order valence-corrected chi connectivity index (χ1v) is 6.95. The molecule has 0 heterocycles. The average Bonchev–Trinajstić information content (AvgIpc) is 2.26. The molecule has 0 unspecified atom stereocenters. The lowest BCUT2D eigenvalue weighted by molar-refractivity contribution is 0.0697. The third-order valence-electron chi connectivity index (χ3n) is 2.08. The number of carboxylic acids is 1. The van der Waals surface area contributed by atoms with Crippen LogP contribution in [0.25, 0.3) is 0 Å². The summed E-state index contributed by atoms with van der Waals surface area (Å²) >= 11 is 0. The molecule has 19 heavy (non-hydrogen) atoms. The lowest BCUT2D eigenvalue weighted by atomic mass is 10.2. The smallest absolute Gasteiger partial charge is 0.335 e. The van der Waals surface area contributed by atoms with Crippen LogP contribution in [-0.4, -0.2) is 32.6 Å². The summed E-state index contributed by atoms with van der Waals surface area (Å²) in [6, 6.07) is 3.62. The van der Waals surface area contributed by atoms with Gasteiger partial charge in [0.05, 0.1) is 18.4 Å². The van der Waals surface area contributed by atoms with E-state index in [2.05, 4.69) is 9.44 Å². The molecule has 0 atom stereocenters. The minimum absolute atomic E-state index is 0.0388. The SMILES string of the molecule is COc1ccc(C(=O)O)cc1NS(=O)(=O)NC(C)C. The molecule has 1 rings (SSSR count). The summed E-state index contributed by atoms with van der Waals surface area (Å²) < 4.78 is 33.0. The molecule has 8 heteroatoms. The van der Waals surface area contributed by atoms with E-state index in [9.17, 15) is 13.2 Å². The lowest BCUT2D eigenvalue weighted by Crippen LogP contribution is -2.35. The van der Waals surface area contributed by atoms with E-state index in [4.69, 9.17) is 9.84 Å². The third-order valence-corrected chi connectivity index (χ3v) is 3.35. The molecule has 7 nitrogen and oxygen atoms in total. The molecule has 1 aromatic rings. The van der Waals surface area contributed by atoms with Crippen molar-refractivity contribution >= 4 is 21.9 Å². The van der Waals surface area contributed by atoms with Gasteiger partial charge in [-0.25, -0.2) is 4.79 Å². The second-order valence-corrected chi connectivity index (χ2v) is 5.54. The molecule has 0 saturated carbocycles. The van der Waals surface area contributed by atoms with Crippen LogP contribution in [0.2, 0.25) is 0 Å². The molecule has 0 amide bonds. The second-order valence-electron chi connectivity index (χ2n) is 4.10. The molecule has 0 saturated heterocycles. The monoisotopic (exact) mass is 288 g/mol. The normalized spacial score (nSPS) is 11.4. The predicted molar refractivity (Wildman–Crippen MR) is 70.8 cm³/mol. The Morgan fingerprint density at radius 2 is 2.00 bits per heavy atom. The Bertz CT molecular complexity index is 568. The van der Waals surface area contributed by atoms with Crippen LogP contribution in [0.15, 0.2) is 18.2 Å². The van der Waals surface area contributed by atoms with Gasteiger partial charge in [0.25, 0.3) is 10.2 Å². The van der Waals surface area contributed by atoms with Crippen LogP contribution in [0.5, 0.6) is 5.75 Å². The van der Waals surface area contributed by atoms with Crippen LogP contribution in [0, 0.1) is 0 Å². The number of hydrogen-bond acceptors (Lipinski definition) is 4. The summed E-state index contributed by atoms with van der Waals surface area (Å²) in [5, 5.41) is 8.88. The maximum absolute atomic E-state index is 11.7. The van der Waals surface area contributed by atoms with Gasteiger partial charge in [-0.2, -0.15) is 13.1 Å². The molecular weight excluding hydrogens is 272 g/mol. The number of benzene rings is 1. The fourth-order valence-electron chi connectivity index (χ4n) is 1.41. The number of ether oxygens (including phenoxy) is 1. The van der Waals surface area contributed by atoms with E-state index in [1.165, 1.54) is 25.3 Å². The van der Waals surface area contributed by atoms with Gasteiger partial charge in [0.1, 0.15) is 5.75 Å². The van der Waals surface area contributed by atoms with Gasteiger partial charge in [-0.05, 0) is 32.0 Å². The Morgan fingerprint density at radius 3 is 2.47 bits per heavy atom. The first kappa shape index (κ1) is 15.3. The average molecular weight is 288 g/mol. The van der Waals surface area contributed by atoms with Crippen molar-refractivity contribution in [3.63, 3.8) is 0 Å². The Hall–Kier alpha value is -1.80. The maximum Gasteiger partial charge on any atom is 0.335 e. The first-order chi connectivity index (χ1) is 8.75. The summed E-state index contributed by atoms with van der Waals surface area (Å²) in [5.41, 5.74) is 0.0265. The van der Waals surface area contributed by atoms with E-state index in [0.717, 1.165) is 0 Å². The second kappa shape index (κ2) is 5.89. The van der Waals surface area contributed by atoms with Gasteiger partial charge in [-0.1, -0.05) is 0 Å². The van der Waals surface area contributed by atoms with Crippen molar-refractivity contribution in [2.45, 2.75) is 19.9 Å². The van der Waals surface area contributed by atoms with Crippen LogP contribution >= 0.6 is 0 Å². The summed E-state index contributed by atoms with van der Waals surface area (Å²) in [6.45, 7) is 3.34. The number of rotatable bonds is 6. The van der Waals surface area contributed by atoms with E-state index >= 15 is 0 Å². The number of aromatic carboxylic acids is 1. The lowest BCUT2D eigenvalue weighted by Gasteiger charge is -2.14. The van der Waals surface area contributed by atoms with Gasteiger partial charge in [0, 0.05) is 6.04 Å². The fourth-order valence-corrected chi connectivity index (χ4v) is 2.53. The van der Waals surface area contributed by atoms with E-state index in [1.807, 2.05) is 0 Å². The Balaban J connectivity index is 3.11. The fraction of sp³-hybridized carbons (Fsp3) is 0.364. The number of nitrogens with one attached hydrogen (secondary N) is 2. The summed E-state index contributed by atoms with van der Waals surface area (Å²) in [7, 11) is -2.42. The van der Waals surface area contributed by atoms with Crippen molar-refractivity contribution in [3.8, 4) is 5.75 Å². The molecule has 0 spiro atoms. The van der Waals surface area contributed by atoms with Crippen molar-refractivity contribution < 1.29 is 23.1 Å². The highest BCUT2D eigenvalue weighted by Gasteiger charge is 2.16. The molecule has 1 aromatic carbocycles. The largest absolute Gasteiger partial charge is 0.495 e. The summed E-state index contributed by atoms with van der Waals surface area (Å²) in [5.74, 6) is -0.918. The Kier molecular flexibility index (Phi) is 4.73. The molecule has 106 valence electrons. The van der Waals surface area contributed by atoms with Gasteiger partial charge >= 0.3 is 5.97 Å². The topological polar surface area (TPSA) is 105 Å². The molecule has 0 aromatic heterocycles. The number of hydrogen-bond donors (Lipinski definition) is 3. The van der Waals surface area contributed by atoms with Gasteiger partial charge in [-0.15, -0.1) is 0 Å². The highest BCUT2D eigenvalue weighted by molar-refractivity contribution is 7.90. The minimum atomic E-state index is -3.78. The van der Waals surface area contributed by atoms with Gasteiger partial charge in [0.2, 0.25) is 0 Å². The highest BCUT2D eigenvalue weighted by atomic mass is 32.2. The number of anilines is 1. The van der Waals surface area contributed by atoms with E-state index < -0.39 is 16.2 Å². The van der Waals surface area contributed by atoms with Crippen LogP contribution in [-0.2, 0) is 10.2 Å². The zero-order valence-corrected chi connectivity index (χ0v) is 11.6. The molecule has 0 fully saturated rings. The van der Waals surface area contributed by atoms with Crippen molar-refractivity contribution in [1.29, 1.82) is 0 Å². The molecule has 0 bridgehead atoms. The van der Waals surface area contributed by atoms with Gasteiger partial charge in [0.15, 0.2) is 0 Å². The number of methoxy groups -OCH3 is 1. The Morgan fingerprint density at radius 1 is 1.37 bits per heavy atom. The molecule has 0 aliphatic rings. The summed E-state index contributed by atoms with van der Waals surface area (Å²) in [6.07, 6.45) is 0. The zero-order chi connectivity index (χ0) is 14.6. The standard InChI is InChI=1S/C11H16N2O5S/c1-7(2)12-19(16,17)13-9-6-8(11(14)15)4-5-10(9)18-3/h4-7,12-13H,1-3H3,(H,14,15). The van der Waals surface area contributed by atoms with E-state index in [1.54, 1.807) is 13.8 Å². The van der Waals surface area contributed by atoms with Gasteiger partial charge in [-0.3, -0.25) is 4.72 Å².